The van der Waals surface area contributed by atoms with E-state index in [9.17, 15) is 4.39 Å². The highest BCUT2D eigenvalue weighted by Gasteiger charge is 2.14. The predicted octanol–water partition coefficient (Wildman–Crippen LogP) is -0.472. The molecule has 0 saturated carbocycles. The van der Waals surface area contributed by atoms with Crippen molar-refractivity contribution in [3.63, 3.8) is 0 Å². The van der Waals surface area contributed by atoms with Gasteiger partial charge in [-0.2, -0.15) is 0 Å². The first-order valence-corrected chi connectivity index (χ1v) is 2.50. The quantitative estimate of drug-likeness (QED) is 0.387. The van der Waals surface area contributed by atoms with E-state index in [2.05, 4.69) is 5.32 Å². The van der Waals surface area contributed by atoms with Crippen LogP contribution in [0.15, 0.2) is 24.2 Å². The van der Waals surface area contributed by atoms with Crippen LogP contribution in [0.5, 0.6) is 0 Å². The van der Waals surface area contributed by atoms with Crippen LogP contribution in [0.4, 0.5) is 4.39 Å². The number of hydrogen-bond acceptors (Lipinski definition) is 3. The van der Waals surface area contributed by atoms with Gasteiger partial charge in [-0.1, -0.05) is 0 Å². The largest absolute Gasteiger partial charge is 0.356 e. The molecule has 0 radical (unpaired) electrons. The van der Waals surface area contributed by atoms with Gasteiger partial charge in [0.15, 0.2) is 5.79 Å². The second-order valence-electron chi connectivity index (χ2n) is 1.94. The topological polar surface area (TPSA) is 64.1 Å². The predicted molar refractivity (Wildman–Crippen MR) is 32.6 cm³/mol. The van der Waals surface area contributed by atoms with E-state index in [4.69, 9.17) is 11.5 Å². The van der Waals surface area contributed by atoms with E-state index in [0.717, 1.165) is 6.20 Å². The molecule has 0 aromatic carbocycles. The monoisotopic (exact) mass is 129 g/mol. The molecule has 0 fully saturated rings. The molecule has 0 aromatic rings. The van der Waals surface area contributed by atoms with E-state index in [-0.39, 0.29) is 5.83 Å². The van der Waals surface area contributed by atoms with E-state index < -0.39 is 5.79 Å². The lowest BCUT2D eigenvalue weighted by atomic mass is 10.2. The summed E-state index contributed by atoms with van der Waals surface area (Å²) in [5.74, 6) is -1.46. The Balaban J connectivity index is 2.70. The number of hydrogen-bond donors (Lipinski definition) is 3. The highest BCUT2D eigenvalue weighted by Crippen LogP contribution is 2.04. The first-order valence-electron chi connectivity index (χ1n) is 2.50. The molecule has 1 heterocycles. The maximum Gasteiger partial charge on any atom is 0.158 e. The summed E-state index contributed by atoms with van der Waals surface area (Å²) in [6.07, 6.45) is 3.69. The van der Waals surface area contributed by atoms with Gasteiger partial charge in [0, 0.05) is 6.20 Å². The minimum atomic E-state index is -1.09. The molecular weight excluding hydrogens is 121 g/mol. The second kappa shape index (κ2) is 1.82. The fourth-order valence-electron chi connectivity index (χ4n) is 0.508. The van der Waals surface area contributed by atoms with Crippen molar-refractivity contribution < 1.29 is 4.39 Å². The summed E-state index contributed by atoms with van der Waals surface area (Å²) in [5, 5.41) is 2.44. The van der Waals surface area contributed by atoms with Crippen LogP contribution in [0.1, 0.15) is 0 Å². The van der Waals surface area contributed by atoms with Crippen LogP contribution >= 0.6 is 0 Å². The van der Waals surface area contributed by atoms with E-state index >= 15 is 0 Å². The van der Waals surface area contributed by atoms with Gasteiger partial charge < -0.3 is 5.32 Å². The molecule has 0 atom stereocenters. The van der Waals surface area contributed by atoms with Crippen LogP contribution in [0.2, 0.25) is 0 Å². The van der Waals surface area contributed by atoms with E-state index in [1.165, 1.54) is 12.2 Å². The summed E-state index contributed by atoms with van der Waals surface area (Å²) in [6, 6.07) is 0. The van der Waals surface area contributed by atoms with Crippen LogP contribution in [0.3, 0.4) is 0 Å². The Morgan fingerprint density at radius 2 is 2.22 bits per heavy atom. The summed E-state index contributed by atoms with van der Waals surface area (Å²) < 4.78 is 12.1. The highest BCUT2D eigenvalue weighted by atomic mass is 19.1. The van der Waals surface area contributed by atoms with Crippen LogP contribution in [0, 0.1) is 0 Å². The van der Waals surface area contributed by atoms with E-state index in [1.807, 2.05) is 0 Å². The summed E-state index contributed by atoms with van der Waals surface area (Å²) in [5.41, 5.74) is 10.6. The van der Waals surface area contributed by atoms with Crippen molar-refractivity contribution in [3.05, 3.63) is 24.2 Å². The minimum Gasteiger partial charge on any atom is -0.356 e. The number of halogens is 1. The Hall–Kier alpha value is -0.870. The van der Waals surface area contributed by atoms with Crippen molar-refractivity contribution >= 4 is 0 Å². The zero-order valence-electron chi connectivity index (χ0n) is 4.76. The van der Waals surface area contributed by atoms with Crippen molar-refractivity contribution in [2.75, 3.05) is 0 Å². The lowest BCUT2D eigenvalue weighted by molar-refractivity contribution is 0.472. The third-order valence-corrected chi connectivity index (χ3v) is 0.978. The molecule has 1 aliphatic heterocycles. The Labute approximate surface area is 52.2 Å². The van der Waals surface area contributed by atoms with Crippen LogP contribution in [-0.2, 0) is 0 Å². The maximum absolute atomic E-state index is 12.1. The molecule has 3 nitrogen and oxygen atoms in total. The third-order valence-electron chi connectivity index (χ3n) is 0.978. The molecule has 0 bridgehead atoms. The average molecular weight is 129 g/mol. The summed E-state index contributed by atoms with van der Waals surface area (Å²) >= 11 is 0. The van der Waals surface area contributed by atoms with Gasteiger partial charge in [-0.25, -0.2) is 4.39 Å². The molecule has 50 valence electrons. The summed E-state index contributed by atoms with van der Waals surface area (Å²) in [6.45, 7) is 0. The van der Waals surface area contributed by atoms with Gasteiger partial charge in [-0.3, -0.25) is 11.5 Å². The lowest BCUT2D eigenvalue weighted by Gasteiger charge is -2.22. The van der Waals surface area contributed by atoms with Crippen LogP contribution in [0.25, 0.3) is 0 Å². The molecule has 0 amide bonds. The van der Waals surface area contributed by atoms with Crippen LogP contribution in [-0.4, -0.2) is 5.79 Å². The molecule has 5 N–H and O–H groups in total. The van der Waals surface area contributed by atoms with Gasteiger partial charge in [-0.15, -0.1) is 0 Å². The summed E-state index contributed by atoms with van der Waals surface area (Å²) in [7, 11) is 0. The van der Waals surface area contributed by atoms with Crippen molar-refractivity contribution in [3.8, 4) is 0 Å². The van der Waals surface area contributed by atoms with Gasteiger partial charge in [0.2, 0.25) is 0 Å². The molecular formula is C5H8FN3. The smallest absolute Gasteiger partial charge is 0.158 e. The molecule has 0 saturated heterocycles. The molecule has 4 heteroatoms. The van der Waals surface area contributed by atoms with E-state index in [1.54, 1.807) is 0 Å². The Morgan fingerprint density at radius 1 is 1.56 bits per heavy atom. The first kappa shape index (κ1) is 6.25. The zero-order chi connectivity index (χ0) is 6.91. The van der Waals surface area contributed by atoms with Crippen molar-refractivity contribution in [2.24, 2.45) is 11.5 Å². The SMILES string of the molecule is NC1(N)C=CC(F)=CN1. The standard InChI is InChI=1S/C5H8FN3/c6-4-1-2-5(7,8)9-3-4/h1-3,9H,7-8H2. The Kier molecular flexibility index (Phi) is 1.27. The number of nitrogens with two attached hydrogens (primary N) is 2. The number of allylic oxidation sites excluding steroid dienone is 2. The van der Waals surface area contributed by atoms with Crippen molar-refractivity contribution in [1.29, 1.82) is 0 Å². The number of nitrogens with one attached hydrogen (secondary N) is 1. The fraction of sp³-hybridized carbons (Fsp3) is 0.200. The molecule has 0 aromatic heterocycles. The molecule has 0 spiro atoms. The number of dihydropyridines is 1. The van der Waals surface area contributed by atoms with Crippen molar-refractivity contribution in [2.45, 2.75) is 5.79 Å². The van der Waals surface area contributed by atoms with Crippen LogP contribution < -0.4 is 16.8 Å². The maximum atomic E-state index is 12.1. The van der Waals surface area contributed by atoms with Gasteiger partial charge in [0.05, 0.1) is 0 Å². The van der Waals surface area contributed by atoms with Crippen molar-refractivity contribution in [1.82, 2.24) is 5.32 Å². The third kappa shape index (κ3) is 1.51. The van der Waals surface area contributed by atoms with Gasteiger partial charge in [0.25, 0.3) is 0 Å². The Morgan fingerprint density at radius 3 is 2.56 bits per heavy atom. The first-order chi connectivity index (χ1) is 4.10. The van der Waals surface area contributed by atoms with Gasteiger partial charge in [0.1, 0.15) is 5.83 Å². The summed E-state index contributed by atoms with van der Waals surface area (Å²) in [4.78, 5) is 0. The lowest BCUT2D eigenvalue weighted by Crippen LogP contribution is -2.58. The molecule has 0 aliphatic carbocycles. The molecule has 0 unspecified atom stereocenters. The Bertz CT molecular complexity index is 171. The zero-order valence-corrected chi connectivity index (χ0v) is 4.76. The highest BCUT2D eigenvalue weighted by molar-refractivity contribution is 5.20. The average Bonchev–Trinajstić information content (AvgIpc) is 1.78. The van der Waals surface area contributed by atoms with E-state index in [0.29, 0.717) is 0 Å². The second-order valence-corrected chi connectivity index (χ2v) is 1.94. The molecule has 1 aliphatic rings. The number of rotatable bonds is 0. The normalized spacial score (nSPS) is 22.8. The van der Waals surface area contributed by atoms with Gasteiger partial charge >= 0.3 is 0 Å². The fourth-order valence-corrected chi connectivity index (χ4v) is 0.508. The molecule has 9 heavy (non-hydrogen) atoms. The molecule has 1 rings (SSSR count). The minimum absolute atomic E-state index is 0.374. The van der Waals surface area contributed by atoms with Gasteiger partial charge in [-0.05, 0) is 12.2 Å².